The monoisotopic (exact) mass is 374 g/mol. The van der Waals surface area contributed by atoms with E-state index in [4.69, 9.17) is 4.74 Å². The summed E-state index contributed by atoms with van der Waals surface area (Å²) in [4.78, 5) is 31.9. The molecule has 142 valence electrons. The van der Waals surface area contributed by atoms with Gasteiger partial charge in [-0.25, -0.2) is 9.78 Å². The maximum atomic E-state index is 13.0. The fourth-order valence-corrected chi connectivity index (χ4v) is 3.57. The average Bonchev–Trinajstić information content (AvgIpc) is 3.27. The number of carbonyl (C=O) groups is 2. The van der Waals surface area contributed by atoms with Crippen molar-refractivity contribution >= 4 is 22.8 Å². The lowest BCUT2D eigenvalue weighted by atomic mass is 10.0. The molecule has 0 N–H and O–H groups in total. The molecule has 28 heavy (non-hydrogen) atoms. The highest BCUT2D eigenvalue weighted by Crippen LogP contribution is 2.25. The lowest BCUT2D eigenvalue weighted by molar-refractivity contribution is -0.138. The Labute approximate surface area is 163 Å². The number of nitrogens with zero attached hydrogens (tertiary/aromatic N) is 2. The first-order chi connectivity index (χ1) is 13.6. The van der Waals surface area contributed by atoms with Crippen molar-refractivity contribution in [3.8, 4) is 11.3 Å². The van der Waals surface area contributed by atoms with Gasteiger partial charge in [-0.05, 0) is 31.9 Å². The molecule has 0 radical (unpaired) electrons. The molecule has 1 amide bonds. The first-order valence-corrected chi connectivity index (χ1v) is 9.58. The SMILES string of the molecule is C[C@@H](OC(=O)c1cc(-c2ccccc2)nc2ccccc12)C(=O)N1CCCC1. The quantitative estimate of drug-likeness (QED) is 0.646. The third-order valence-electron chi connectivity index (χ3n) is 5.05. The van der Waals surface area contributed by atoms with Crippen LogP contribution < -0.4 is 0 Å². The van der Waals surface area contributed by atoms with Crippen LogP contribution >= 0.6 is 0 Å². The minimum atomic E-state index is -0.808. The Morgan fingerprint density at radius 3 is 2.43 bits per heavy atom. The number of hydrogen-bond donors (Lipinski definition) is 0. The van der Waals surface area contributed by atoms with Gasteiger partial charge in [0.1, 0.15) is 0 Å². The first-order valence-electron chi connectivity index (χ1n) is 9.58. The van der Waals surface area contributed by atoms with Gasteiger partial charge in [0.05, 0.1) is 16.8 Å². The number of hydrogen-bond acceptors (Lipinski definition) is 4. The molecule has 0 unspecified atom stereocenters. The molecule has 2 heterocycles. The number of likely N-dealkylation sites (tertiary alicyclic amines) is 1. The highest BCUT2D eigenvalue weighted by Gasteiger charge is 2.27. The highest BCUT2D eigenvalue weighted by atomic mass is 16.5. The summed E-state index contributed by atoms with van der Waals surface area (Å²) in [6.07, 6.45) is 1.20. The van der Waals surface area contributed by atoms with Crippen LogP contribution in [-0.4, -0.2) is 41.0 Å². The molecule has 2 aromatic carbocycles. The maximum absolute atomic E-state index is 13.0. The molecule has 5 nitrogen and oxygen atoms in total. The van der Waals surface area contributed by atoms with Crippen LogP contribution in [0.25, 0.3) is 22.2 Å². The Morgan fingerprint density at radius 2 is 1.68 bits per heavy atom. The van der Waals surface area contributed by atoms with Gasteiger partial charge in [0.25, 0.3) is 5.91 Å². The number of ether oxygens (including phenoxy) is 1. The van der Waals surface area contributed by atoms with Crippen LogP contribution in [0.5, 0.6) is 0 Å². The Bertz CT molecular complexity index is 1010. The Kier molecular flexibility index (Phi) is 5.06. The van der Waals surface area contributed by atoms with Crippen LogP contribution in [0.15, 0.2) is 60.7 Å². The van der Waals surface area contributed by atoms with Crippen LogP contribution in [0, 0.1) is 0 Å². The van der Waals surface area contributed by atoms with Crippen LogP contribution in [0.4, 0.5) is 0 Å². The standard InChI is InChI=1S/C23H22N2O3/c1-16(22(26)25-13-7-8-14-25)28-23(27)19-15-21(17-9-3-2-4-10-17)24-20-12-6-5-11-18(19)20/h2-6,9-12,15-16H,7-8,13-14H2,1H3/t16-/m1/s1. The molecule has 1 aliphatic rings. The van der Waals surface area contributed by atoms with Crippen LogP contribution in [0.3, 0.4) is 0 Å². The number of esters is 1. The second kappa shape index (κ2) is 7.80. The Balaban J connectivity index is 1.66. The van der Waals surface area contributed by atoms with E-state index >= 15 is 0 Å². The van der Waals surface area contributed by atoms with Gasteiger partial charge in [0, 0.05) is 24.0 Å². The molecule has 1 atom stereocenters. The van der Waals surface area contributed by atoms with Gasteiger partial charge in [-0.3, -0.25) is 4.79 Å². The van der Waals surface area contributed by atoms with Gasteiger partial charge in [0.15, 0.2) is 6.10 Å². The lowest BCUT2D eigenvalue weighted by Crippen LogP contribution is -2.38. The summed E-state index contributed by atoms with van der Waals surface area (Å²) in [5, 5.41) is 0.716. The second-order valence-electron chi connectivity index (χ2n) is 7.02. The molecule has 0 spiro atoms. The van der Waals surface area contributed by atoms with Crippen molar-refractivity contribution in [2.24, 2.45) is 0 Å². The molecule has 1 fully saturated rings. The van der Waals surface area contributed by atoms with E-state index in [0.29, 0.717) is 22.2 Å². The zero-order valence-electron chi connectivity index (χ0n) is 15.8. The summed E-state index contributed by atoms with van der Waals surface area (Å²) in [7, 11) is 0. The van der Waals surface area contributed by atoms with Crippen molar-refractivity contribution in [2.45, 2.75) is 25.9 Å². The van der Waals surface area contributed by atoms with Crippen LogP contribution in [0.2, 0.25) is 0 Å². The molecular weight excluding hydrogens is 352 g/mol. The van der Waals surface area contributed by atoms with Crippen molar-refractivity contribution in [1.29, 1.82) is 0 Å². The maximum Gasteiger partial charge on any atom is 0.339 e. The average molecular weight is 374 g/mol. The summed E-state index contributed by atoms with van der Waals surface area (Å²) in [6.45, 7) is 3.11. The van der Waals surface area contributed by atoms with Crippen molar-refractivity contribution < 1.29 is 14.3 Å². The fourth-order valence-electron chi connectivity index (χ4n) is 3.57. The highest BCUT2D eigenvalue weighted by molar-refractivity contribution is 6.05. The van der Waals surface area contributed by atoms with E-state index in [1.165, 1.54) is 0 Å². The minimum Gasteiger partial charge on any atom is -0.449 e. The van der Waals surface area contributed by atoms with Gasteiger partial charge >= 0.3 is 5.97 Å². The smallest absolute Gasteiger partial charge is 0.339 e. The molecule has 1 aliphatic heterocycles. The Hall–Kier alpha value is -3.21. The van der Waals surface area contributed by atoms with Crippen molar-refractivity contribution in [3.63, 3.8) is 0 Å². The van der Waals surface area contributed by atoms with E-state index in [1.807, 2.05) is 54.6 Å². The number of aromatic nitrogens is 1. The first kappa shape index (κ1) is 18.2. The molecule has 1 aromatic heterocycles. The van der Waals surface area contributed by atoms with E-state index in [2.05, 4.69) is 4.98 Å². The summed E-state index contributed by atoms with van der Waals surface area (Å²) in [5.74, 6) is -0.636. The van der Waals surface area contributed by atoms with Crippen molar-refractivity contribution in [1.82, 2.24) is 9.88 Å². The van der Waals surface area contributed by atoms with Gasteiger partial charge < -0.3 is 9.64 Å². The van der Waals surface area contributed by atoms with E-state index in [9.17, 15) is 9.59 Å². The predicted molar refractivity (Wildman–Crippen MR) is 108 cm³/mol. The number of carbonyl (C=O) groups excluding carboxylic acids is 2. The van der Waals surface area contributed by atoms with Crippen molar-refractivity contribution in [2.75, 3.05) is 13.1 Å². The number of pyridine rings is 1. The third kappa shape index (κ3) is 3.60. The number of fused-ring (bicyclic) bond motifs is 1. The molecule has 0 aliphatic carbocycles. The van der Waals surface area contributed by atoms with Gasteiger partial charge in [-0.15, -0.1) is 0 Å². The topological polar surface area (TPSA) is 59.5 Å². The van der Waals surface area contributed by atoms with Crippen molar-refractivity contribution in [3.05, 3.63) is 66.2 Å². The number of amides is 1. The largest absolute Gasteiger partial charge is 0.449 e. The predicted octanol–water partition coefficient (Wildman–Crippen LogP) is 4.07. The van der Waals surface area contributed by atoms with E-state index in [-0.39, 0.29) is 5.91 Å². The summed E-state index contributed by atoms with van der Waals surface area (Å²) >= 11 is 0. The number of para-hydroxylation sites is 1. The molecule has 0 bridgehead atoms. The van der Waals surface area contributed by atoms with Crippen LogP contribution in [-0.2, 0) is 9.53 Å². The minimum absolute atomic E-state index is 0.132. The zero-order valence-corrected chi connectivity index (χ0v) is 15.8. The summed E-state index contributed by atoms with van der Waals surface area (Å²) < 4.78 is 5.55. The third-order valence-corrected chi connectivity index (χ3v) is 5.05. The molecule has 3 aromatic rings. The normalized spacial score (nSPS) is 14.8. The van der Waals surface area contributed by atoms with Gasteiger partial charge in [-0.2, -0.15) is 0 Å². The zero-order chi connectivity index (χ0) is 19.5. The fraction of sp³-hybridized carbons (Fsp3) is 0.261. The lowest BCUT2D eigenvalue weighted by Gasteiger charge is -2.20. The van der Waals surface area contributed by atoms with E-state index in [0.717, 1.165) is 31.5 Å². The molecule has 0 saturated carbocycles. The molecule has 5 heteroatoms. The second-order valence-corrected chi connectivity index (χ2v) is 7.02. The summed E-state index contributed by atoms with van der Waals surface area (Å²) in [5.41, 5.74) is 2.76. The number of rotatable bonds is 4. The van der Waals surface area contributed by atoms with Crippen LogP contribution in [0.1, 0.15) is 30.1 Å². The number of benzene rings is 2. The Morgan fingerprint density at radius 1 is 1.00 bits per heavy atom. The van der Waals surface area contributed by atoms with E-state index < -0.39 is 12.1 Å². The summed E-state index contributed by atoms with van der Waals surface area (Å²) in [6, 6.07) is 18.9. The van der Waals surface area contributed by atoms with Gasteiger partial charge in [-0.1, -0.05) is 48.5 Å². The van der Waals surface area contributed by atoms with E-state index in [1.54, 1.807) is 17.9 Å². The molecule has 1 saturated heterocycles. The molecular formula is C23H22N2O3. The van der Waals surface area contributed by atoms with Gasteiger partial charge in [0.2, 0.25) is 0 Å². The molecule has 4 rings (SSSR count).